The molecule has 1 aliphatic heterocycles. The number of hydrogen-bond donors (Lipinski definition) is 3. The molecule has 1 aromatic carbocycles. The highest BCUT2D eigenvalue weighted by atomic mass is 16.4. The van der Waals surface area contributed by atoms with E-state index < -0.39 is 5.76 Å². The molecule has 6 heteroatoms. The van der Waals surface area contributed by atoms with Crippen LogP contribution in [-0.2, 0) is 0 Å². The highest BCUT2D eigenvalue weighted by Gasteiger charge is 2.23. The van der Waals surface area contributed by atoms with Crippen LogP contribution in [-0.4, -0.2) is 35.6 Å². The topological polar surface area (TPSA) is 87.3 Å². The highest BCUT2D eigenvalue weighted by molar-refractivity contribution is 5.85. The number of aromatic amines is 1. The molecule has 2 aromatic rings. The maximum Gasteiger partial charge on any atom is 0.417 e. The Morgan fingerprint density at radius 1 is 1.50 bits per heavy atom. The van der Waals surface area contributed by atoms with Crippen molar-refractivity contribution in [3.63, 3.8) is 0 Å². The molecule has 0 amide bonds. The monoisotopic (exact) mass is 276 g/mol. The minimum Gasteiger partial charge on any atom is -0.408 e. The van der Waals surface area contributed by atoms with Crippen LogP contribution < -0.4 is 16.8 Å². The number of H-pyrrole nitrogens is 1. The number of anilines is 2. The molecule has 1 aliphatic rings. The first kappa shape index (κ1) is 13.1. The van der Waals surface area contributed by atoms with Crippen molar-refractivity contribution in [2.24, 2.45) is 0 Å². The van der Waals surface area contributed by atoms with E-state index in [0.29, 0.717) is 28.9 Å². The normalized spacial score (nSPS) is 24.1. The van der Waals surface area contributed by atoms with Crippen molar-refractivity contribution in [3.8, 4) is 0 Å². The number of nitrogens with one attached hydrogen (secondary N) is 2. The first-order chi connectivity index (χ1) is 9.52. The predicted octanol–water partition coefficient (Wildman–Crippen LogP) is 1.60. The van der Waals surface area contributed by atoms with Crippen LogP contribution in [0.5, 0.6) is 0 Å². The Morgan fingerprint density at radius 2 is 2.30 bits per heavy atom. The number of nitrogen functional groups attached to an aromatic ring is 1. The molecular weight excluding hydrogens is 256 g/mol. The first-order valence-electron chi connectivity index (χ1n) is 6.92. The Bertz CT molecular complexity index is 675. The van der Waals surface area contributed by atoms with Crippen LogP contribution in [0.3, 0.4) is 0 Å². The van der Waals surface area contributed by atoms with E-state index in [9.17, 15) is 4.79 Å². The van der Waals surface area contributed by atoms with Gasteiger partial charge in [-0.3, -0.25) is 4.98 Å². The van der Waals surface area contributed by atoms with Crippen LogP contribution in [0.1, 0.15) is 19.8 Å². The van der Waals surface area contributed by atoms with Gasteiger partial charge in [0.2, 0.25) is 0 Å². The lowest BCUT2D eigenvalue weighted by Crippen LogP contribution is -2.42. The van der Waals surface area contributed by atoms with Gasteiger partial charge in [0.25, 0.3) is 0 Å². The lowest BCUT2D eigenvalue weighted by Gasteiger charge is -2.36. The number of aromatic nitrogens is 1. The molecule has 0 saturated carbocycles. The number of hydrogen-bond acceptors (Lipinski definition) is 5. The zero-order chi connectivity index (χ0) is 14.3. The molecular formula is C14H20N4O2. The number of fused-ring (bicyclic) bond motifs is 1. The van der Waals surface area contributed by atoms with E-state index in [4.69, 9.17) is 10.2 Å². The smallest absolute Gasteiger partial charge is 0.408 e. The van der Waals surface area contributed by atoms with Gasteiger partial charge >= 0.3 is 5.76 Å². The minimum atomic E-state index is -0.454. The molecule has 108 valence electrons. The quantitative estimate of drug-likeness (QED) is 0.725. The molecule has 2 atom stereocenters. The third kappa shape index (κ3) is 2.38. The summed E-state index contributed by atoms with van der Waals surface area (Å²) in [7, 11) is 2.15. The number of piperidine rings is 1. The summed E-state index contributed by atoms with van der Waals surface area (Å²) in [6.07, 6.45) is 2.16. The zero-order valence-corrected chi connectivity index (χ0v) is 11.8. The van der Waals surface area contributed by atoms with Gasteiger partial charge in [-0.1, -0.05) is 0 Å². The Kier molecular flexibility index (Phi) is 3.17. The number of nitrogens with two attached hydrogens (primary N) is 1. The van der Waals surface area contributed by atoms with E-state index in [1.54, 1.807) is 6.07 Å². The fraction of sp³-hybridized carbons (Fsp3) is 0.500. The summed E-state index contributed by atoms with van der Waals surface area (Å²) >= 11 is 0. The highest BCUT2D eigenvalue weighted by Crippen LogP contribution is 2.27. The lowest BCUT2D eigenvalue weighted by atomic mass is 9.98. The van der Waals surface area contributed by atoms with Crippen LogP contribution in [0, 0.1) is 0 Å². The molecule has 1 saturated heterocycles. The molecule has 2 heterocycles. The molecule has 1 aromatic heterocycles. The molecule has 2 unspecified atom stereocenters. The molecule has 0 aliphatic carbocycles. The van der Waals surface area contributed by atoms with Crippen molar-refractivity contribution in [2.75, 3.05) is 24.6 Å². The fourth-order valence-corrected chi connectivity index (χ4v) is 2.78. The maximum absolute atomic E-state index is 11.2. The van der Waals surface area contributed by atoms with E-state index in [2.05, 4.69) is 29.2 Å². The minimum absolute atomic E-state index is 0.402. The van der Waals surface area contributed by atoms with Crippen molar-refractivity contribution >= 4 is 22.5 Å². The third-order valence-electron chi connectivity index (χ3n) is 4.16. The van der Waals surface area contributed by atoms with Crippen molar-refractivity contribution in [1.29, 1.82) is 0 Å². The van der Waals surface area contributed by atoms with Gasteiger partial charge in [-0.05, 0) is 32.9 Å². The van der Waals surface area contributed by atoms with Gasteiger partial charge < -0.3 is 20.4 Å². The first-order valence-corrected chi connectivity index (χ1v) is 6.92. The van der Waals surface area contributed by atoms with Gasteiger partial charge in [-0.2, -0.15) is 0 Å². The second kappa shape index (κ2) is 4.86. The molecule has 6 nitrogen and oxygen atoms in total. The standard InChI is InChI=1S/C14H20N4O2/c1-8-5-9(3-4-18(8)2)16-11-7-12-13(6-10(11)15)20-14(19)17-12/h6-9,16H,3-5,15H2,1-2H3,(H,17,19). The number of benzene rings is 1. The number of nitrogens with zero attached hydrogens (tertiary/aromatic N) is 1. The number of likely N-dealkylation sites (tertiary alicyclic amines) is 1. The number of rotatable bonds is 2. The predicted molar refractivity (Wildman–Crippen MR) is 80.0 cm³/mol. The molecule has 0 bridgehead atoms. The fourth-order valence-electron chi connectivity index (χ4n) is 2.78. The second-order valence-corrected chi connectivity index (χ2v) is 5.65. The number of oxazole rings is 1. The second-order valence-electron chi connectivity index (χ2n) is 5.65. The van der Waals surface area contributed by atoms with Crippen LogP contribution >= 0.6 is 0 Å². The average Bonchev–Trinajstić information content (AvgIpc) is 2.73. The van der Waals surface area contributed by atoms with E-state index in [0.717, 1.165) is 25.1 Å². The summed E-state index contributed by atoms with van der Waals surface area (Å²) < 4.78 is 5.00. The Hall–Kier alpha value is -1.95. The van der Waals surface area contributed by atoms with Crippen LogP contribution in [0.4, 0.5) is 11.4 Å². The van der Waals surface area contributed by atoms with Gasteiger partial charge in [0.05, 0.1) is 16.9 Å². The summed E-state index contributed by atoms with van der Waals surface area (Å²) in [5, 5.41) is 3.49. The van der Waals surface area contributed by atoms with Gasteiger partial charge in [-0.15, -0.1) is 0 Å². The summed E-state index contributed by atoms with van der Waals surface area (Å²) in [5.41, 5.74) is 8.66. The SMILES string of the molecule is CC1CC(Nc2cc3[nH]c(=O)oc3cc2N)CCN1C. The molecule has 20 heavy (non-hydrogen) atoms. The Morgan fingerprint density at radius 3 is 3.05 bits per heavy atom. The van der Waals surface area contributed by atoms with E-state index in [1.807, 2.05) is 6.07 Å². The van der Waals surface area contributed by atoms with Gasteiger partial charge in [-0.25, -0.2) is 4.79 Å². The third-order valence-corrected chi connectivity index (χ3v) is 4.16. The summed E-state index contributed by atoms with van der Waals surface area (Å²) in [5.74, 6) is -0.454. The van der Waals surface area contributed by atoms with Gasteiger partial charge in [0.15, 0.2) is 5.58 Å². The summed E-state index contributed by atoms with van der Waals surface area (Å²) in [4.78, 5) is 16.2. The Labute approximate surface area is 116 Å². The van der Waals surface area contributed by atoms with Crippen molar-refractivity contribution in [1.82, 2.24) is 9.88 Å². The van der Waals surface area contributed by atoms with Crippen molar-refractivity contribution < 1.29 is 4.42 Å². The Balaban J connectivity index is 1.83. The van der Waals surface area contributed by atoms with Crippen LogP contribution in [0.2, 0.25) is 0 Å². The average molecular weight is 276 g/mol. The van der Waals surface area contributed by atoms with Gasteiger partial charge in [0, 0.05) is 24.7 Å². The van der Waals surface area contributed by atoms with E-state index in [-0.39, 0.29) is 0 Å². The van der Waals surface area contributed by atoms with Crippen molar-refractivity contribution in [3.05, 3.63) is 22.7 Å². The van der Waals surface area contributed by atoms with Crippen molar-refractivity contribution in [2.45, 2.75) is 31.8 Å². The molecule has 0 spiro atoms. The molecule has 3 rings (SSSR count). The van der Waals surface area contributed by atoms with E-state index >= 15 is 0 Å². The zero-order valence-electron chi connectivity index (χ0n) is 11.8. The molecule has 1 fully saturated rings. The van der Waals surface area contributed by atoms with Crippen LogP contribution in [0.15, 0.2) is 21.3 Å². The maximum atomic E-state index is 11.2. The largest absolute Gasteiger partial charge is 0.417 e. The lowest BCUT2D eigenvalue weighted by molar-refractivity contribution is 0.190. The summed E-state index contributed by atoms with van der Waals surface area (Å²) in [6, 6.07) is 4.49. The molecule has 4 N–H and O–H groups in total. The van der Waals surface area contributed by atoms with E-state index in [1.165, 1.54) is 0 Å². The van der Waals surface area contributed by atoms with Gasteiger partial charge in [0.1, 0.15) is 0 Å². The summed E-state index contributed by atoms with van der Waals surface area (Å²) in [6.45, 7) is 3.30. The van der Waals surface area contributed by atoms with Crippen LogP contribution in [0.25, 0.3) is 11.1 Å². The molecule has 0 radical (unpaired) electrons.